The predicted octanol–water partition coefficient (Wildman–Crippen LogP) is 2.80. The highest BCUT2D eigenvalue weighted by Crippen LogP contribution is 2.28. The van der Waals surface area contributed by atoms with Crippen LogP contribution in [0.5, 0.6) is 5.75 Å². The molecule has 21 heavy (non-hydrogen) atoms. The Morgan fingerprint density at radius 2 is 1.95 bits per heavy atom. The maximum atomic E-state index is 13.8. The van der Waals surface area contributed by atoms with Crippen LogP contribution >= 0.6 is 0 Å². The van der Waals surface area contributed by atoms with Crippen molar-refractivity contribution >= 4 is 0 Å². The van der Waals surface area contributed by atoms with Gasteiger partial charge in [0.15, 0.2) is 11.6 Å². The highest BCUT2D eigenvalue weighted by atomic mass is 19.1. The first-order chi connectivity index (χ1) is 10.1. The van der Waals surface area contributed by atoms with E-state index in [0.29, 0.717) is 13.0 Å². The first kappa shape index (κ1) is 17.9. The molecule has 1 unspecified atom stereocenters. The molecule has 0 spiro atoms. The Morgan fingerprint density at radius 1 is 1.29 bits per heavy atom. The Hall–Kier alpha value is -1.17. The lowest BCUT2D eigenvalue weighted by atomic mass is 9.84. The summed E-state index contributed by atoms with van der Waals surface area (Å²) in [5.74, 6) is 5.62. The van der Waals surface area contributed by atoms with Gasteiger partial charge in [-0.05, 0) is 43.9 Å². The molecule has 0 amide bonds. The second-order valence-corrected chi connectivity index (χ2v) is 5.10. The molecular weight excluding hydrogens is 271 g/mol. The van der Waals surface area contributed by atoms with E-state index >= 15 is 0 Å². The van der Waals surface area contributed by atoms with Crippen LogP contribution in [0.3, 0.4) is 0 Å². The molecule has 0 aromatic heterocycles. The van der Waals surface area contributed by atoms with E-state index in [1.165, 1.54) is 13.2 Å². The minimum absolute atomic E-state index is 0.0831. The lowest BCUT2D eigenvalue weighted by Gasteiger charge is -2.39. The van der Waals surface area contributed by atoms with Crippen molar-refractivity contribution in [3.8, 4) is 5.75 Å². The molecule has 4 nitrogen and oxygen atoms in total. The summed E-state index contributed by atoms with van der Waals surface area (Å²) in [5, 5.41) is 0. The Bertz CT molecular complexity index is 436. The van der Waals surface area contributed by atoms with E-state index in [-0.39, 0.29) is 23.2 Å². The van der Waals surface area contributed by atoms with Crippen molar-refractivity contribution in [2.45, 2.75) is 51.7 Å². The molecule has 120 valence electrons. The molecule has 0 radical (unpaired) electrons. The summed E-state index contributed by atoms with van der Waals surface area (Å²) in [4.78, 5) is 0. The Kier molecular flexibility index (Phi) is 7.08. The third kappa shape index (κ3) is 4.15. The third-order valence-corrected chi connectivity index (χ3v) is 4.12. The number of benzene rings is 1. The molecule has 1 aromatic carbocycles. The van der Waals surface area contributed by atoms with Crippen molar-refractivity contribution in [3.05, 3.63) is 29.6 Å². The molecule has 5 heteroatoms. The summed E-state index contributed by atoms with van der Waals surface area (Å²) in [6.45, 7) is 6.76. The summed E-state index contributed by atoms with van der Waals surface area (Å²) in [6.07, 6.45) is 2.27. The normalized spacial score (nSPS) is 13.2. The highest BCUT2D eigenvalue weighted by molar-refractivity contribution is 5.30. The largest absolute Gasteiger partial charge is 0.494 e. The molecule has 0 saturated carbocycles. The standard InChI is InChI=1S/C16H27FN2O2/c1-5-16(6-2,21-7-3)15(19-18)11-12-8-9-14(20-4)13(17)10-12/h8-10,15,19H,5-7,11,18H2,1-4H3. The average molecular weight is 298 g/mol. The van der Waals surface area contributed by atoms with E-state index in [0.717, 1.165) is 18.4 Å². The number of ether oxygens (including phenoxy) is 2. The number of halogens is 1. The minimum atomic E-state index is -0.360. The Morgan fingerprint density at radius 3 is 2.38 bits per heavy atom. The Balaban J connectivity index is 2.97. The predicted molar refractivity (Wildman–Crippen MR) is 82.7 cm³/mol. The van der Waals surface area contributed by atoms with Crippen molar-refractivity contribution < 1.29 is 13.9 Å². The molecule has 1 rings (SSSR count). The summed E-state index contributed by atoms with van der Waals surface area (Å²) < 4.78 is 24.7. The average Bonchev–Trinajstić information content (AvgIpc) is 2.51. The monoisotopic (exact) mass is 298 g/mol. The van der Waals surface area contributed by atoms with Crippen LogP contribution in [0.15, 0.2) is 18.2 Å². The molecule has 0 heterocycles. The fourth-order valence-electron chi connectivity index (χ4n) is 2.80. The third-order valence-electron chi connectivity index (χ3n) is 4.12. The zero-order valence-electron chi connectivity index (χ0n) is 13.4. The molecule has 0 bridgehead atoms. The van der Waals surface area contributed by atoms with Crippen molar-refractivity contribution in [2.75, 3.05) is 13.7 Å². The van der Waals surface area contributed by atoms with Gasteiger partial charge in [0, 0.05) is 6.61 Å². The number of hydrogen-bond donors (Lipinski definition) is 2. The van der Waals surface area contributed by atoms with Crippen LogP contribution in [-0.4, -0.2) is 25.4 Å². The van der Waals surface area contributed by atoms with Crippen LogP contribution in [0.2, 0.25) is 0 Å². The first-order valence-electron chi connectivity index (χ1n) is 7.49. The zero-order valence-corrected chi connectivity index (χ0v) is 13.4. The van der Waals surface area contributed by atoms with Gasteiger partial charge in [-0.2, -0.15) is 0 Å². The summed E-state index contributed by atoms with van der Waals surface area (Å²) in [5.41, 5.74) is 3.36. The first-order valence-corrected chi connectivity index (χ1v) is 7.49. The number of nitrogens with one attached hydrogen (secondary N) is 1. The zero-order chi connectivity index (χ0) is 15.9. The van der Waals surface area contributed by atoms with E-state index in [4.69, 9.17) is 15.3 Å². The van der Waals surface area contributed by atoms with Gasteiger partial charge in [0.05, 0.1) is 18.8 Å². The molecule has 0 aliphatic rings. The van der Waals surface area contributed by atoms with Gasteiger partial charge >= 0.3 is 0 Å². The number of hydrazine groups is 1. The van der Waals surface area contributed by atoms with Gasteiger partial charge < -0.3 is 9.47 Å². The van der Waals surface area contributed by atoms with Crippen LogP contribution in [0.4, 0.5) is 4.39 Å². The van der Waals surface area contributed by atoms with Gasteiger partial charge in [-0.1, -0.05) is 19.9 Å². The fraction of sp³-hybridized carbons (Fsp3) is 0.625. The molecular formula is C16H27FN2O2. The number of nitrogens with two attached hydrogens (primary N) is 1. The molecule has 0 fully saturated rings. The van der Waals surface area contributed by atoms with Gasteiger partial charge in [0.1, 0.15) is 0 Å². The summed E-state index contributed by atoms with van der Waals surface area (Å²) in [7, 11) is 1.45. The second kappa shape index (κ2) is 8.32. The van der Waals surface area contributed by atoms with Crippen LogP contribution in [0.25, 0.3) is 0 Å². The van der Waals surface area contributed by atoms with Crippen LogP contribution in [0.1, 0.15) is 39.2 Å². The summed E-state index contributed by atoms with van der Waals surface area (Å²) in [6, 6.07) is 4.90. The number of rotatable bonds is 9. The number of methoxy groups -OCH3 is 1. The van der Waals surface area contributed by atoms with E-state index < -0.39 is 0 Å². The van der Waals surface area contributed by atoms with Gasteiger partial charge in [-0.15, -0.1) is 0 Å². The lowest BCUT2D eigenvalue weighted by molar-refractivity contribution is -0.0719. The van der Waals surface area contributed by atoms with E-state index in [1.807, 2.05) is 13.0 Å². The van der Waals surface area contributed by atoms with Crippen molar-refractivity contribution in [2.24, 2.45) is 5.84 Å². The van der Waals surface area contributed by atoms with Gasteiger partial charge in [0.2, 0.25) is 0 Å². The maximum absolute atomic E-state index is 13.8. The Labute approximate surface area is 126 Å². The molecule has 1 aromatic rings. The molecule has 0 aliphatic heterocycles. The molecule has 0 saturated heterocycles. The quantitative estimate of drug-likeness (QED) is 0.544. The number of hydrogen-bond acceptors (Lipinski definition) is 4. The van der Waals surface area contributed by atoms with Gasteiger partial charge in [-0.25, -0.2) is 4.39 Å². The molecule has 0 aliphatic carbocycles. The maximum Gasteiger partial charge on any atom is 0.165 e. The SMILES string of the molecule is CCOC(CC)(CC)C(Cc1ccc(OC)c(F)c1)NN. The van der Waals surface area contributed by atoms with E-state index in [1.54, 1.807) is 6.07 Å². The smallest absolute Gasteiger partial charge is 0.165 e. The van der Waals surface area contributed by atoms with Crippen LogP contribution in [0, 0.1) is 5.82 Å². The molecule has 3 N–H and O–H groups in total. The topological polar surface area (TPSA) is 56.5 Å². The highest BCUT2D eigenvalue weighted by Gasteiger charge is 2.36. The van der Waals surface area contributed by atoms with Crippen molar-refractivity contribution in [1.29, 1.82) is 0 Å². The second-order valence-electron chi connectivity index (χ2n) is 5.10. The summed E-state index contributed by atoms with van der Waals surface area (Å²) >= 11 is 0. The van der Waals surface area contributed by atoms with E-state index in [2.05, 4.69) is 19.3 Å². The van der Waals surface area contributed by atoms with Crippen LogP contribution in [-0.2, 0) is 11.2 Å². The molecule has 1 atom stereocenters. The lowest BCUT2D eigenvalue weighted by Crippen LogP contribution is -2.55. The van der Waals surface area contributed by atoms with E-state index in [9.17, 15) is 4.39 Å². The van der Waals surface area contributed by atoms with Crippen molar-refractivity contribution in [3.63, 3.8) is 0 Å². The van der Waals surface area contributed by atoms with Gasteiger partial charge in [0.25, 0.3) is 0 Å². The van der Waals surface area contributed by atoms with Crippen LogP contribution < -0.4 is 16.0 Å². The fourth-order valence-corrected chi connectivity index (χ4v) is 2.80. The minimum Gasteiger partial charge on any atom is -0.494 e. The van der Waals surface area contributed by atoms with Gasteiger partial charge in [-0.3, -0.25) is 11.3 Å². The van der Waals surface area contributed by atoms with Crippen molar-refractivity contribution in [1.82, 2.24) is 5.43 Å².